The number of nitrogens with one attached hydrogen (secondary N) is 1. The summed E-state index contributed by atoms with van der Waals surface area (Å²) in [6.07, 6.45) is 0.604. The third-order valence-electron chi connectivity index (χ3n) is 4.23. The summed E-state index contributed by atoms with van der Waals surface area (Å²) in [6.45, 7) is 3.52. The molecule has 0 aliphatic carbocycles. The Kier molecular flexibility index (Phi) is 5.18. The molecule has 3 rings (SSSR count). The molecule has 1 amide bonds. The zero-order valence-corrected chi connectivity index (χ0v) is 15.9. The van der Waals surface area contributed by atoms with Gasteiger partial charge in [0.05, 0.1) is 17.0 Å². The zero-order valence-electron chi connectivity index (χ0n) is 15.1. The van der Waals surface area contributed by atoms with Gasteiger partial charge in [-0.3, -0.25) is 13.9 Å². The lowest BCUT2D eigenvalue weighted by molar-refractivity contribution is -0.131. The first-order valence-corrected chi connectivity index (χ1v) is 10.1. The fourth-order valence-corrected chi connectivity index (χ4v) is 4.52. The van der Waals surface area contributed by atoms with Crippen LogP contribution in [0.3, 0.4) is 0 Å². The molecule has 0 bridgehead atoms. The number of ether oxygens (including phenoxy) is 1. The van der Waals surface area contributed by atoms with E-state index in [2.05, 4.69) is 5.32 Å². The molecule has 0 atom stereocenters. The van der Waals surface area contributed by atoms with Crippen LogP contribution >= 0.6 is 0 Å². The Labute approximate surface area is 158 Å². The van der Waals surface area contributed by atoms with Crippen molar-refractivity contribution in [1.82, 2.24) is 0 Å². The van der Waals surface area contributed by atoms with Gasteiger partial charge >= 0.3 is 5.97 Å². The molecule has 0 aromatic heterocycles. The maximum Gasteiger partial charge on any atom is 0.308 e. The molecule has 1 saturated heterocycles. The summed E-state index contributed by atoms with van der Waals surface area (Å²) in [5.74, 6) is -0.601. The number of amides is 1. The lowest BCUT2D eigenvalue weighted by Crippen LogP contribution is -2.25. The predicted molar refractivity (Wildman–Crippen MR) is 103 cm³/mol. The van der Waals surface area contributed by atoms with Crippen LogP contribution in [0.5, 0.6) is 5.75 Å². The SMILES string of the molecule is CC(=O)Oc1ccccc1C(=O)Nc1ccc(N2CCCS2(=O)=O)cc1C. The predicted octanol–water partition coefficient (Wildman–Crippen LogP) is 2.71. The minimum atomic E-state index is -3.26. The van der Waals surface area contributed by atoms with Gasteiger partial charge in [0.25, 0.3) is 5.91 Å². The van der Waals surface area contributed by atoms with Gasteiger partial charge in [0.15, 0.2) is 0 Å². The molecule has 1 aliphatic heterocycles. The van der Waals surface area contributed by atoms with Gasteiger partial charge in [-0.05, 0) is 49.2 Å². The van der Waals surface area contributed by atoms with E-state index in [9.17, 15) is 18.0 Å². The molecule has 7 nitrogen and oxygen atoms in total. The summed E-state index contributed by atoms with van der Waals surface area (Å²) in [5.41, 5.74) is 2.10. The molecule has 27 heavy (non-hydrogen) atoms. The highest BCUT2D eigenvalue weighted by atomic mass is 32.2. The van der Waals surface area contributed by atoms with E-state index in [4.69, 9.17) is 4.74 Å². The monoisotopic (exact) mass is 388 g/mol. The highest BCUT2D eigenvalue weighted by Crippen LogP contribution is 2.28. The highest BCUT2D eigenvalue weighted by molar-refractivity contribution is 7.93. The number of nitrogens with zero attached hydrogens (tertiary/aromatic N) is 1. The largest absolute Gasteiger partial charge is 0.426 e. The van der Waals surface area contributed by atoms with Crippen molar-refractivity contribution in [2.45, 2.75) is 20.3 Å². The van der Waals surface area contributed by atoms with E-state index in [1.807, 2.05) is 0 Å². The topological polar surface area (TPSA) is 92.8 Å². The van der Waals surface area contributed by atoms with Crippen LogP contribution in [-0.4, -0.2) is 32.6 Å². The molecule has 1 heterocycles. The van der Waals surface area contributed by atoms with Gasteiger partial charge in [-0.2, -0.15) is 0 Å². The summed E-state index contributed by atoms with van der Waals surface area (Å²) in [4.78, 5) is 23.8. The minimum Gasteiger partial charge on any atom is -0.426 e. The maximum atomic E-state index is 12.6. The van der Waals surface area contributed by atoms with Crippen LogP contribution in [0, 0.1) is 6.92 Å². The molecule has 1 fully saturated rings. The number of benzene rings is 2. The number of rotatable bonds is 4. The molecule has 1 N–H and O–H groups in total. The van der Waals surface area contributed by atoms with Gasteiger partial charge in [0, 0.05) is 19.2 Å². The maximum absolute atomic E-state index is 12.6. The highest BCUT2D eigenvalue weighted by Gasteiger charge is 2.28. The molecule has 2 aromatic rings. The van der Waals surface area contributed by atoms with Gasteiger partial charge in [0.2, 0.25) is 10.0 Å². The molecular formula is C19H20N2O5S. The van der Waals surface area contributed by atoms with Crippen molar-refractivity contribution in [3.63, 3.8) is 0 Å². The fraction of sp³-hybridized carbons (Fsp3) is 0.263. The van der Waals surface area contributed by atoms with E-state index in [1.165, 1.54) is 11.2 Å². The molecule has 8 heteroatoms. The molecule has 2 aromatic carbocycles. The number of sulfonamides is 1. The zero-order chi connectivity index (χ0) is 19.6. The van der Waals surface area contributed by atoms with Crippen LogP contribution < -0.4 is 14.4 Å². The van der Waals surface area contributed by atoms with Gasteiger partial charge in [-0.15, -0.1) is 0 Å². The lowest BCUT2D eigenvalue weighted by Gasteiger charge is -2.19. The quantitative estimate of drug-likeness (QED) is 0.642. The molecule has 0 unspecified atom stereocenters. The van der Waals surface area contributed by atoms with Gasteiger partial charge < -0.3 is 10.1 Å². The fourth-order valence-electron chi connectivity index (χ4n) is 2.96. The van der Waals surface area contributed by atoms with Gasteiger partial charge in [-0.1, -0.05) is 12.1 Å². The Hall–Kier alpha value is -2.87. The van der Waals surface area contributed by atoms with Crippen molar-refractivity contribution in [2.75, 3.05) is 21.9 Å². The van der Waals surface area contributed by atoms with Crippen LogP contribution in [0.15, 0.2) is 42.5 Å². The molecule has 0 radical (unpaired) electrons. The number of hydrogen-bond donors (Lipinski definition) is 1. The van der Waals surface area contributed by atoms with E-state index < -0.39 is 21.9 Å². The molecule has 0 spiro atoms. The van der Waals surface area contributed by atoms with E-state index in [1.54, 1.807) is 49.4 Å². The Morgan fingerprint density at radius 2 is 1.89 bits per heavy atom. The smallest absolute Gasteiger partial charge is 0.308 e. The van der Waals surface area contributed by atoms with E-state index in [-0.39, 0.29) is 17.1 Å². The van der Waals surface area contributed by atoms with Crippen LogP contribution in [0.2, 0.25) is 0 Å². The first kappa shape index (κ1) is 18.9. The van der Waals surface area contributed by atoms with Crippen molar-refractivity contribution in [3.05, 3.63) is 53.6 Å². The Morgan fingerprint density at radius 1 is 1.15 bits per heavy atom. The van der Waals surface area contributed by atoms with Crippen LogP contribution in [0.25, 0.3) is 0 Å². The van der Waals surface area contributed by atoms with E-state index >= 15 is 0 Å². The molecule has 1 aliphatic rings. The summed E-state index contributed by atoms with van der Waals surface area (Å²) in [5, 5.41) is 2.78. The second-order valence-electron chi connectivity index (χ2n) is 6.28. The third kappa shape index (κ3) is 4.11. The number of hydrogen-bond acceptors (Lipinski definition) is 5. The Morgan fingerprint density at radius 3 is 2.52 bits per heavy atom. The summed E-state index contributed by atoms with van der Waals surface area (Å²) < 4.78 is 30.6. The Bertz CT molecular complexity index is 1000. The standard InChI is InChI=1S/C19H20N2O5S/c1-13-12-15(21-10-5-11-27(21,24)25)8-9-17(13)20-19(23)16-6-3-4-7-18(16)26-14(2)22/h3-4,6-9,12H,5,10-11H2,1-2H3,(H,20,23). The number of para-hydroxylation sites is 1. The first-order chi connectivity index (χ1) is 12.8. The van der Waals surface area contributed by atoms with Crippen LogP contribution in [0.4, 0.5) is 11.4 Å². The first-order valence-electron chi connectivity index (χ1n) is 8.48. The molecule has 142 valence electrons. The lowest BCUT2D eigenvalue weighted by atomic mass is 10.1. The summed E-state index contributed by atoms with van der Waals surface area (Å²) >= 11 is 0. The van der Waals surface area contributed by atoms with Crippen LogP contribution in [0.1, 0.15) is 29.3 Å². The minimum absolute atomic E-state index is 0.150. The van der Waals surface area contributed by atoms with Crippen molar-refractivity contribution in [1.29, 1.82) is 0 Å². The van der Waals surface area contributed by atoms with E-state index in [0.29, 0.717) is 24.3 Å². The normalized spacial score (nSPS) is 15.4. The average molecular weight is 388 g/mol. The number of carbonyl (C=O) groups is 2. The van der Waals surface area contributed by atoms with Crippen molar-refractivity contribution >= 4 is 33.3 Å². The van der Waals surface area contributed by atoms with Crippen molar-refractivity contribution < 1.29 is 22.7 Å². The second-order valence-corrected chi connectivity index (χ2v) is 8.30. The number of carbonyl (C=O) groups excluding carboxylic acids is 2. The number of anilines is 2. The molecule has 0 saturated carbocycles. The van der Waals surface area contributed by atoms with Crippen molar-refractivity contribution in [2.24, 2.45) is 0 Å². The summed E-state index contributed by atoms with van der Waals surface area (Å²) in [6, 6.07) is 11.5. The van der Waals surface area contributed by atoms with Gasteiger partial charge in [0.1, 0.15) is 5.75 Å². The third-order valence-corrected chi connectivity index (χ3v) is 6.10. The molecular weight excluding hydrogens is 368 g/mol. The average Bonchev–Trinajstić information content (AvgIpc) is 2.95. The second kappa shape index (κ2) is 7.40. The number of esters is 1. The van der Waals surface area contributed by atoms with Crippen molar-refractivity contribution in [3.8, 4) is 5.75 Å². The van der Waals surface area contributed by atoms with E-state index in [0.717, 1.165) is 5.56 Å². The number of aryl methyl sites for hydroxylation is 1. The van der Waals surface area contributed by atoms with Gasteiger partial charge in [-0.25, -0.2) is 8.42 Å². The summed E-state index contributed by atoms with van der Waals surface area (Å²) in [7, 11) is -3.26. The Balaban J connectivity index is 1.83. The van der Waals surface area contributed by atoms with Crippen LogP contribution in [-0.2, 0) is 14.8 Å².